The van der Waals surface area contributed by atoms with Crippen LogP contribution >= 0.6 is 11.8 Å². The number of rotatable bonds is 5. The lowest BCUT2D eigenvalue weighted by atomic mass is 10.1. The molecule has 0 radical (unpaired) electrons. The van der Waals surface area contributed by atoms with Gasteiger partial charge in [-0.2, -0.15) is 0 Å². The van der Waals surface area contributed by atoms with E-state index in [0.29, 0.717) is 5.39 Å². The summed E-state index contributed by atoms with van der Waals surface area (Å²) in [7, 11) is 0. The number of fused-ring (bicyclic) bond motifs is 1. The Morgan fingerprint density at radius 1 is 1.15 bits per heavy atom. The van der Waals surface area contributed by atoms with Crippen LogP contribution in [-0.4, -0.2) is 28.0 Å². The molecule has 0 unspecified atom stereocenters. The Bertz CT molecular complexity index is 993. The molecule has 1 aliphatic heterocycles. The van der Waals surface area contributed by atoms with Crippen molar-refractivity contribution in [2.45, 2.75) is 43.9 Å². The van der Waals surface area contributed by atoms with E-state index in [-0.39, 0.29) is 11.7 Å². The van der Waals surface area contributed by atoms with E-state index < -0.39 is 0 Å². The van der Waals surface area contributed by atoms with Gasteiger partial charge in [0.2, 0.25) is 0 Å². The smallest absolute Gasteiger partial charge is 0.266 e. The van der Waals surface area contributed by atoms with Crippen LogP contribution in [0.3, 0.4) is 0 Å². The quantitative estimate of drug-likeness (QED) is 0.479. The Balaban J connectivity index is 1.81. The molecule has 0 bridgehead atoms. The second-order valence-electron chi connectivity index (χ2n) is 6.83. The fourth-order valence-corrected chi connectivity index (χ4v) is 4.63. The first-order chi connectivity index (χ1) is 13.3. The molecule has 0 amide bonds. The first kappa shape index (κ1) is 18.3. The molecular formula is C22H24N2O2S. The van der Waals surface area contributed by atoms with Gasteiger partial charge < -0.3 is 4.74 Å². The third kappa shape index (κ3) is 3.80. The molecule has 4 rings (SSSR count). The SMILES string of the molecule is CCc1ccccc1-n1c(SC[C@@H]2CCCCO2)nc2ccccc2c1=O. The largest absolute Gasteiger partial charge is 0.377 e. The number of thioether (sulfide) groups is 1. The normalized spacial score (nSPS) is 17.3. The van der Waals surface area contributed by atoms with Crippen LogP contribution in [0, 0.1) is 0 Å². The average Bonchev–Trinajstić information content (AvgIpc) is 2.73. The minimum absolute atomic E-state index is 0.00596. The summed E-state index contributed by atoms with van der Waals surface area (Å²) in [4.78, 5) is 18.2. The standard InChI is InChI=1S/C22H24N2O2S/c1-2-16-9-3-6-13-20(16)24-21(25)18-11-4-5-12-19(18)23-22(24)27-15-17-10-7-8-14-26-17/h3-6,9,11-13,17H,2,7-8,10,14-15H2,1H3/t17-/m0/s1. The molecule has 0 saturated carbocycles. The predicted octanol–water partition coefficient (Wildman–Crippen LogP) is 4.61. The van der Waals surface area contributed by atoms with Crippen LogP contribution in [0.2, 0.25) is 0 Å². The highest BCUT2D eigenvalue weighted by Gasteiger charge is 2.19. The molecule has 4 nitrogen and oxygen atoms in total. The van der Waals surface area contributed by atoms with Crippen molar-refractivity contribution in [2.75, 3.05) is 12.4 Å². The number of para-hydroxylation sites is 2. The average molecular weight is 381 g/mol. The zero-order chi connectivity index (χ0) is 18.6. The first-order valence-electron chi connectivity index (χ1n) is 9.62. The molecule has 27 heavy (non-hydrogen) atoms. The van der Waals surface area contributed by atoms with E-state index in [1.54, 1.807) is 16.3 Å². The van der Waals surface area contributed by atoms with Crippen molar-refractivity contribution in [2.24, 2.45) is 0 Å². The second-order valence-corrected chi connectivity index (χ2v) is 7.82. The summed E-state index contributed by atoms with van der Waals surface area (Å²) >= 11 is 1.62. The number of aryl methyl sites for hydroxylation is 1. The van der Waals surface area contributed by atoms with E-state index in [1.165, 1.54) is 6.42 Å². The van der Waals surface area contributed by atoms with Gasteiger partial charge in [0.15, 0.2) is 5.16 Å². The van der Waals surface area contributed by atoms with Crippen LogP contribution in [0.4, 0.5) is 0 Å². The van der Waals surface area contributed by atoms with E-state index in [9.17, 15) is 4.79 Å². The summed E-state index contributed by atoms with van der Waals surface area (Å²) in [5.41, 5.74) is 2.82. The lowest BCUT2D eigenvalue weighted by molar-refractivity contribution is 0.0315. The number of ether oxygens (including phenoxy) is 1. The van der Waals surface area contributed by atoms with Crippen LogP contribution in [0.15, 0.2) is 58.5 Å². The van der Waals surface area contributed by atoms with Crippen molar-refractivity contribution in [1.29, 1.82) is 0 Å². The summed E-state index contributed by atoms with van der Waals surface area (Å²) in [6.45, 7) is 2.95. The van der Waals surface area contributed by atoms with Crippen LogP contribution in [0.5, 0.6) is 0 Å². The molecule has 1 aromatic heterocycles. The van der Waals surface area contributed by atoms with Gasteiger partial charge in [-0.05, 0) is 49.4 Å². The predicted molar refractivity (Wildman–Crippen MR) is 111 cm³/mol. The van der Waals surface area contributed by atoms with E-state index in [2.05, 4.69) is 13.0 Å². The molecule has 5 heteroatoms. The van der Waals surface area contributed by atoms with E-state index in [4.69, 9.17) is 9.72 Å². The number of benzene rings is 2. The zero-order valence-electron chi connectivity index (χ0n) is 15.6. The molecule has 0 aliphatic carbocycles. The first-order valence-corrected chi connectivity index (χ1v) is 10.6. The van der Waals surface area contributed by atoms with Gasteiger partial charge in [0.1, 0.15) is 0 Å². The molecule has 140 valence electrons. The van der Waals surface area contributed by atoms with Gasteiger partial charge in [-0.15, -0.1) is 0 Å². The number of nitrogens with zero attached hydrogens (tertiary/aromatic N) is 2. The third-order valence-electron chi connectivity index (χ3n) is 5.03. The van der Waals surface area contributed by atoms with Crippen LogP contribution in [0.25, 0.3) is 16.6 Å². The van der Waals surface area contributed by atoms with Crippen LogP contribution in [0.1, 0.15) is 31.7 Å². The number of hydrogen-bond donors (Lipinski definition) is 0. The Morgan fingerprint density at radius 2 is 1.96 bits per heavy atom. The molecule has 1 aliphatic rings. The van der Waals surface area contributed by atoms with E-state index >= 15 is 0 Å². The van der Waals surface area contributed by atoms with Gasteiger partial charge in [0.25, 0.3) is 5.56 Å². The van der Waals surface area contributed by atoms with Crippen molar-refractivity contribution in [3.63, 3.8) is 0 Å². The van der Waals surface area contributed by atoms with Gasteiger partial charge in [-0.1, -0.05) is 49.0 Å². The van der Waals surface area contributed by atoms with Gasteiger partial charge in [0, 0.05) is 12.4 Å². The summed E-state index contributed by atoms with van der Waals surface area (Å²) in [5, 5.41) is 1.40. The van der Waals surface area contributed by atoms with E-state index in [1.807, 2.05) is 42.5 Å². The van der Waals surface area contributed by atoms with Gasteiger partial charge in [-0.3, -0.25) is 9.36 Å². The maximum Gasteiger partial charge on any atom is 0.266 e. The molecule has 0 N–H and O–H groups in total. The highest BCUT2D eigenvalue weighted by atomic mass is 32.2. The molecule has 2 aromatic carbocycles. The van der Waals surface area contributed by atoms with Gasteiger partial charge in [0.05, 0.1) is 22.7 Å². The van der Waals surface area contributed by atoms with Crippen molar-refractivity contribution in [3.8, 4) is 5.69 Å². The Labute approximate surface area is 163 Å². The second kappa shape index (κ2) is 8.28. The highest BCUT2D eigenvalue weighted by Crippen LogP contribution is 2.26. The van der Waals surface area contributed by atoms with Gasteiger partial charge >= 0.3 is 0 Å². The van der Waals surface area contributed by atoms with E-state index in [0.717, 1.165) is 53.5 Å². The van der Waals surface area contributed by atoms with Crippen molar-refractivity contribution in [1.82, 2.24) is 9.55 Å². The summed E-state index contributed by atoms with van der Waals surface area (Å²) in [5.74, 6) is 0.819. The fourth-order valence-electron chi connectivity index (χ4n) is 3.56. The monoisotopic (exact) mass is 380 g/mol. The summed E-state index contributed by atoms with van der Waals surface area (Å²) in [6.07, 6.45) is 4.54. The summed E-state index contributed by atoms with van der Waals surface area (Å²) < 4.78 is 7.66. The van der Waals surface area contributed by atoms with Gasteiger partial charge in [-0.25, -0.2) is 4.98 Å². The minimum atomic E-state index is -0.00596. The Hall–Kier alpha value is -2.11. The van der Waals surface area contributed by atoms with Crippen LogP contribution < -0.4 is 5.56 Å². The number of hydrogen-bond acceptors (Lipinski definition) is 4. The zero-order valence-corrected chi connectivity index (χ0v) is 16.4. The lowest BCUT2D eigenvalue weighted by Crippen LogP contribution is -2.25. The minimum Gasteiger partial charge on any atom is -0.377 e. The summed E-state index contributed by atoms with van der Waals surface area (Å²) in [6, 6.07) is 15.7. The molecule has 1 atom stereocenters. The molecule has 1 saturated heterocycles. The number of aromatic nitrogens is 2. The molecule has 2 heterocycles. The van der Waals surface area contributed by atoms with Crippen molar-refractivity contribution < 1.29 is 4.74 Å². The molecular weight excluding hydrogens is 356 g/mol. The fraction of sp³-hybridized carbons (Fsp3) is 0.364. The van der Waals surface area contributed by atoms with Crippen molar-refractivity contribution >= 4 is 22.7 Å². The van der Waals surface area contributed by atoms with Crippen LogP contribution in [-0.2, 0) is 11.2 Å². The Kier molecular flexibility index (Phi) is 5.60. The molecule has 0 spiro atoms. The third-order valence-corrected chi connectivity index (χ3v) is 6.10. The highest BCUT2D eigenvalue weighted by molar-refractivity contribution is 7.99. The van der Waals surface area contributed by atoms with Crippen molar-refractivity contribution in [3.05, 3.63) is 64.4 Å². The Morgan fingerprint density at radius 3 is 2.78 bits per heavy atom. The molecule has 1 fully saturated rings. The lowest BCUT2D eigenvalue weighted by Gasteiger charge is -2.23. The molecule has 3 aromatic rings. The maximum absolute atomic E-state index is 13.3. The maximum atomic E-state index is 13.3. The topological polar surface area (TPSA) is 44.1 Å².